The Morgan fingerprint density at radius 1 is 1.19 bits per heavy atom. The Bertz CT molecular complexity index is 855. The Morgan fingerprint density at radius 3 is 2.81 bits per heavy atom. The zero-order valence-electron chi connectivity index (χ0n) is 14.7. The van der Waals surface area contributed by atoms with Crippen molar-refractivity contribution in [3.63, 3.8) is 0 Å². The summed E-state index contributed by atoms with van der Waals surface area (Å²) in [4.78, 5) is 9.07. The highest BCUT2D eigenvalue weighted by Gasteiger charge is 2.07. The number of aliphatic hydroxyl groups excluding tert-OH is 1. The molecule has 0 saturated heterocycles. The molecule has 0 bridgehead atoms. The van der Waals surface area contributed by atoms with Gasteiger partial charge in [-0.1, -0.05) is 13.0 Å². The number of alkyl halides is 1. The molecule has 1 atom stereocenters. The maximum Gasteiger partial charge on any atom is 0.125 e. The van der Waals surface area contributed by atoms with E-state index in [1.54, 1.807) is 6.07 Å². The van der Waals surface area contributed by atoms with Crippen molar-refractivity contribution in [2.24, 2.45) is 0 Å². The second-order valence-corrected chi connectivity index (χ2v) is 6.03. The molecule has 2 N–H and O–H groups in total. The van der Waals surface area contributed by atoms with Gasteiger partial charge in [-0.15, -0.1) is 0 Å². The van der Waals surface area contributed by atoms with Gasteiger partial charge in [-0.3, -0.25) is 0 Å². The summed E-state index contributed by atoms with van der Waals surface area (Å²) in [5.74, 6) is 1.43. The average molecular weight is 355 g/mol. The van der Waals surface area contributed by atoms with Crippen molar-refractivity contribution in [2.75, 3.05) is 25.1 Å². The Morgan fingerprint density at radius 2 is 2.08 bits per heavy atom. The van der Waals surface area contributed by atoms with Crippen molar-refractivity contribution < 1.29 is 14.2 Å². The number of pyridine rings is 2. The molecule has 0 aliphatic carbocycles. The molecule has 1 aromatic carbocycles. The molecule has 0 radical (unpaired) electrons. The van der Waals surface area contributed by atoms with Crippen LogP contribution in [0, 0.1) is 0 Å². The monoisotopic (exact) mass is 355 g/mol. The molecule has 2 aromatic heterocycles. The molecule has 0 amide bonds. The number of benzene rings is 1. The van der Waals surface area contributed by atoms with Gasteiger partial charge in [0.25, 0.3) is 0 Å². The third kappa shape index (κ3) is 4.46. The third-order valence-electron chi connectivity index (χ3n) is 3.90. The summed E-state index contributed by atoms with van der Waals surface area (Å²) in [6.07, 6.45) is 1.75. The fourth-order valence-electron chi connectivity index (χ4n) is 2.49. The number of ether oxygens (including phenoxy) is 1. The summed E-state index contributed by atoms with van der Waals surface area (Å²) >= 11 is 0. The van der Waals surface area contributed by atoms with Crippen LogP contribution in [0.5, 0.6) is 5.75 Å². The number of rotatable bonds is 8. The second-order valence-electron chi connectivity index (χ2n) is 6.03. The lowest BCUT2D eigenvalue weighted by Crippen LogP contribution is -2.19. The van der Waals surface area contributed by atoms with Crippen LogP contribution in [0.4, 0.5) is 10.2 Å². The van der Waals surface area contributed by atoms with Crippen LogP contribution in [-0.2, 0) is 0 Å². The van der Waals surface area contributed by atoms with E-state index in [1.807, 2.05) is 42.6 Å². The first kappa shape index (κ1) is 18.1. The van der Waals surface area contributed by atoms with Crippen LogP contribution < -0.4 is 10.1 Å². The lowest BCUT2D eigenvalue weighted by molar-refractivity contribution is 0.0842. The smallest absolute Gasteiger partial charge is 0.125 e. The number of aromatic nitrogens is 2. The number of nitrogens with zero attached hydrogens (tertiary/aromatic N) is 2. The molecular weight excluding hydrogens is 333 g/mol. The van der Waals surface area contributed by atoms with E-state index in [2.05, 4.69) is 22.2 Å². The van der Waals surface area contributed by atoms with E-state index in [-0.39, 0.29) is 6.61 Å². The molecule has 2 heterocycles. The molecule has 3 aromatic rings. The molecular formula is C20H22FN3O2. The van der Waals surface area contributed by atoms with E-state index in [0.29, 0.717) is 5.75 Å². The van der Waals surface area contributed by atoms with E-state index < -0.39 is 12.8 Å². The van der Waals surface area contributed by atoms with Gasteiger partial charge in [0.05, 0.1) is 11.2 Å². The predicted molar refractivity (Wildman–Crippen MR) is 101 cm³/mol. The Balaban J connectivity index is 1.76. The number of nitrogens with one attached hydrogen (secondary N) is 1. The molecule has 0 aliphatic heterocycles. The molecule has 0 fully saturated rings. The summed E-state index contributed by atoms with van der Waals surface area (Å²) in [5, 5.41) is 13.4. The van der Waals surface area contributed by atoms with E-state index >= 15 is 0 Å². The minimum atomic E-state index is -1.10. The molecule has 136 valence electrons. The van der Waals surface area contributed by atoms with Crippen molar-refractivity contribution >= 4 is 16.7 Å². The average Bonchev–Trinajstić information content (AvgIpc) is 2.70. The molecule has 6 heteroatoms. The van der Waals surface area contributed by atoms with Gasteiger partial charge in [-0.25, -0.2) is 14.4 Å². The predicted octanol–water partition coefficient (Wildman–Crippen LogP) is 3.83. The van der Waals surface area contributed by atoms with E-state index in [0.717, 1.165) is 40.9 Å². The van der Waals surface area contributed by atoms with Crippen LogP contribution in [0.1, 0.15) is 13.3 Å². The minimum absolute atomic E-state index is 0.0718. The fourth-order valence-corrected chi connectivity index (χ4v) is 2.49. The van der Waals surface area contributed by atoms with Crippen molar-refractivity contribution in [1.82, 2.24) is 9.97 Å². The number of anilines is 1. The van der Waals surface area contributed by atoms with Crippen LogP contribution in [0.2, 0.25) is 0 Å². The van der Waals surface area contributed by atoms with Crippen molar-refractivity contribution in [1.29, 1.82) is 0 Å². The lowest BCUT2D eigenvalue weighted by atomic mass is 10.1. The molecule has 0 aliphatic rings. The normalized spacial score (nSPS) is 12.1. The van der Waals surface area contributed by atoms with Gasteiger partial charge in [0.15, 0.2) is 0 Å². The highest BCUT2D eigenvalue weighted by molar-refractivity contribution is 5.82. The summed E-state index contributed by atoms with van der Waals surface area (Å²) in [6, 6.07) is 13.3. The van der Waals surface area contributed by atoms with Crippen LogP contribution in [0.25, 0.3) is 22.2 Å². The first-order valence-electron chi connectivity index (χ1n) is 8.67. The largest absolute Gasteiger partial charge is 0.491 e. The van der Waals surface area contributed by atoms with E-state index in [9.17, 15) is 9.50 Å². The second kappa shape index (κ2) is 8.58. The Hall–Kier alpha value is -2.73. The standard InChI is InChI=1S/C20H22FN3O2/c1-2-9-22-20-8-4-15(12-23-20)19-6-3-14-10-17(5-7-18(14)24-19)26-13-16(25)11-21/h3-8,10,12,16,25H,2,9,11,13H2,1H3,(H,22,23). The third-order valence-corrected chi connectivity index (χ3v) is 3.90. The maximum atomic E-state index is 12.3. The first-order valence-corrected chi connectivity index (χ1v) is 8.67. The summed E-state index contributed by atoms with van der Waals surface area (Å²) in [7, 11) is 0. The highest BCUT2D eigenvalue weighted by atomic mass is 19.1. The summed E-state index contributed by atoms with van der Waals surface area (Å²) in [6.45, 7) is 2.12. The van der Waals surface area contributed by atoms with Gasteiger partial charge in [-0.05, 0) is 42.8 Å². The zero-order chi connectivity index (χ0) is 18.4. The summed E-state index contributed by atoms with van der Waals surface area (Å²) in [5.41, 5.74) is 2.61. The molecule has 1 unspecified atom stereocenters. The SMILES string of the molecule is CCCNc1ccc(-c2ccc3cc(OCC(O)CF)ccc3n2)cn1. The molecule has 0 spiro atoms. The zero-order valence-corrected chi connectivity index (χ0v) is 14.7. The van der Waals surface area contributed by atoms with Gasteiger partial charge in [0, 0.05) is 23.7 Å². The van der Waals surface area contributed by atoms with Gasteiger partial charge >= 0.3 is 0 Å². The molecule has 0 saturated carbocycles. The van der Waals surface area contributed by atoms with Crippen molar-refractivity contribution in [3.8, 4) is 17.0 Å². The quantitative estimate of drug-likeness (QED) is 0.643. The van der Waals surface area contributed by atoms with Crippen molar-refractivity contribution in [2.45, 2.75) is 19.4 Å². The summed E-state index contributed by atoms with van der Waals surface area (Å²) < 4.78 is 17.7. The van der Waals surface area contributed by atoms with Gasteiger partial charge in [-0.2, -0.15) is 0 Å². The van der Waals surface area contributed by atoms with Crippen LogP contribution in [0.3, 0.4) is 0 Å². The molecule has 3 rings (SSSR count). The Kier molecular flexibility index (Phi) is 5.96. The molecule has 5 nitrogen and oxygen atoms in total. The van der Waals surface area contributed by atoms with Gasteiger partial charge in [0.2, 0.25) is 0 Å². The maximum absolute atomic E-state index is 12.3. The van der Waals surface area contributed by atoms with Gasteiger partial charge < -0.3 is 15.2 Å². The highest BCUT2D eigenvalue weighted by Crippen LogP contribution is 2.24. The van der Waals surface area contributed by atoms with Crippen LogP contribution in [0.15, 0.2) is 48.7 Å². The lowest BCUT2D eigenvalue weighted by Gasteiger charge is -2.10. The van der Waals surface area contributed by atoms with E-state index in [1.165, 1.54) is 0 Å². The number of hydrogen-bond acceptors (Lipinski definition) is 5. The van der Waals surface area contributed by atoms with Crippen LogP contribution >= 0.6 is 0 Å². The number of halogens is 1. The van der Waals surface area contributed by atoms with Crippen molar-refractivity contribution in [3.05, 3.63) is 48.7 Å². The topological polar surface area (TPSA) is 67.3 Å². The first-order chi connectivity index (χ1) is 12.7. The number of hydrogen-bond donors (Lipinski definition) is 2. The number of fused-ring (bicyclic) bond motifs is 1. The fraction of sp³-hybridized carbons (Fsp3) is 0.300. The minimum Gasteiger partial charge on any atom is -0.491 e. The number of aliphatic hydroxyl groups is 1. The Labute approximate surface area is 151 Å². The molecule has 26 heavy (non-hydrogen) atoms. The van der Waals surface area contributed by atoms with Gasteiger partial charge in [0.1, 0.15) is 31.0 Å². The van der Waals surface area contributed by atoms with E-state index in [4.69, 9.17) is 4.74 Å². The van der Waals surface area contributed by atoms with Crippen LogP contribution in [-0.4, -0.2) is 41.0 Å².